The summed E-state index contributed by atoms with van der Waals surface area (Å²) in [6.45, 7) is 13.5. The van der Waals surface area contributed by atoms with E-state index >= 15 is 0 Å². The lowest BCUT2D eigenvalue weighted by Gasteiger charge is -2.37. The van der Waals surface area contributed by atoms with Gasteiger partial charge in [-0.3, -0.25) is 4.79 Å². The molecule has 2 atom stereocenters. The number of hydrogen-bond donors (Lipinski definition) is 0. The van der Waals surface area contributed by atoms with Gasteiger partial charge in [-0.1, -0.05) is 105 Å². The second-order valence-electron chi connectivity index (χ2n) is 15.1. The summed E-state index contributed by atoms with van der Waals surface area (Å²) in [4.78, 5) is 14.3. The van der Waals surface area contributed by atoms with Gasteiger partial charge in [0, 0.05) is 11.5 Å². The molecule has 6 rings (SSSR count). The van der Waals surface area contributed by atoms with E-state index in [2.05, 4.69) is 82.8 Å². The van der Waals surface area contributed by atoms with E-state index in [9.17, 15) is 4.79 Å². The Hall–Kier alpha value is -3.13. The number of carbonyl (C=O) groups excluding carboxylic acids is 1. The van der Waals surface area contributed by atoms with Crippen molar-refractivity contribution in [2.75, 3.05) is 7.11 Å². The lowest BCUT2D eigenvalue weighted by molar-refractivity contribution is -0.121. The van der Waals surface area contributed by atoms with Gasteiger partial charge in [-0.25, -0.2) is 0 Å². The maximum atomic E-state index is 14.3. The van der Waals surface area contributed by atoms with Crippen LogP contribution in [0.15, 0.2) is 71.8 Å². The highest BCUT2D eigenvalue weighted by Crippen LogP contribution is 2.47. The molecule has 0 spiro atoms. The maximum Gasteiger partial charge on any atom is 0.166 e. The highest BCUT2D eigenvalue weighted by molar-refractivity contribution is 6.21. The Morgan fingerprint density at radius 3 is 2.26 bits per heavy atom. The van der Waals surface area contributed by atoms with Crippen LogP contribution in [0.2, 0.25) is 0 Å². The number of benzene rings is 2. The van der Waals surface area contributed by atoms with E-state index in [0.29, 0.717) is 29.5 Å². The molecule has 0 aliphatic heterocycles. The Bertz CT molecular complexity index is 1530. The lowest BCUT2D eigenvalue weighted by atomic mass is 9.66. The average Bonchev–Trinajstić information content (AvgIpc) is 3.64. The third kappa shape index (κ3) is 6.78. The Morgan fingerprint density at radius 2 is 1.61 bits per heavy atom. The number of ketones is 1. The molecule has 0 bridgehead atoms. The summed E-state index contributed by atoms with van der Waals surface area (Å²) >= 11 is 0. The van der Waals surface area contributed by atoms with Gasteiger partial charge in [0.15, 0.2) is 5.78 Å². The predicted molar refractivity (Wildman–Crippen MR) is 194 cm³/mol. The molecular formula is C44H56O2. The van der Waals surface area contributed by atoms with Gasteiger partial charge in [0.05, 0.1) is 7.11 Å². The average molecular weight is 617 g/mol. The van der Waals surface area contributed by atoms with Gasteiger partial charge in [-0.2, -0.15) is 0 Å². The SMILES string of the molecule is C=C(C(=O)C(C1CCCCC1)C1CCCCC1)c1cccc(C2=CCC(C3=C(C)C=C(Cc4cc(C)c(C)c(OC)c4)C3)C2C)c1. The van der Waals surface area contributed by atoms with Gasteiger partial charge in [0.2, 0.25) is 0 Å². The molecular weight excluding hydrogens is 560 g/mol. The molecule has 4 aliphatic rings. The van der Waals surface area contributed by atoms with E-state index in [0.717, 1.165) is 36.1 Å². The van der Waals surface area contributed by atoms with Crippen LogP contribution in [0, 0.1) is 43.4 Å². The Kier molecular flexibility index (Phi) is 10.2. The van der Waals surface area contributed by atoms with Crippen molar-refractivity contribution in [2.24, 2.45) is 29.6 Å². The van der Waals surface area contributed by atoms with Crippen LogP contribution in [0.1, 0.15) is 119 Å². The summed E-state index contributed by atoms with van der Waals surface area (Å²) in [7, 11) is 1.77. The first-order chi connectivity index (χ1) is 22.2. The summed E-state index contributed by atoms with van der Waals surface area (Å²) < 4.78 is 5.66. The molecule has 2 aromatic rings. The van der Waals surface area contributed by atoms with Crippen molar-refractivity contribution in [3.8, 4) is 5.75 Å². The zero-order chi connectivity index (χ0) is 32.4. The number of aryl methyl sites for hydroxylation is 1. The molecule has 2 heteroatoms. The molecule has 46 heavy (non-hydrogen) atoms. The van der Waals surface area contributed by atoms with Crippen molar-refractivity contribution in [1.29, 1.82) is 0 Å². The van der Waals surface area contributed by atoms with Crippen molar-refractivity contribution in [1.82, 2.24) is 0 Å². The first-order valence-electron chi connectivity index (χ1n) is 18.3. The number of methoxy groups -OCH3 is 1. The molecule has 0 saturated heterocycles. The maximum absolute atomic E-state index is 14.3. The number of Topliss-reactive ketones (excluding diaryl/α,β-unsaturated/α-hetero) is 1. The van der Waals surface area contributed by atoms with Crippen LogP contribution < -0.4 is 4.74 Å². The fourth-order valence-corrected chi connectivity index (χ4v) is 9.56. The van der Waals surface area contributed by atoms with E-state index in [-0.39, 0.29) is 5.92 Å². The molecule has 2 nitrogen and oxygen atoms in total. The fourth-order valence-electron chi connectivity index (χ4n) is 9.56. The predicted octanol–water partition coefficient (Wildman–Crippen LogP) is 11.6. The summed E-state index contributed by atoms with van der Waals surface area (Å²) in [5, 5.41) is 0. The van der Waals surface area contributed by atoms with Crippen LogP contribution in [-0.4, -0.2) is 12.9 Å². The van der Waals surface area contributed by atoms with E-state index in [1.165, 1.54) is 103 Å². The Morgan fingerprint density at radius 1 is 0.935 bits per heavy atom. The van der Waals surface area contributed by atoms with Gasteiger partial charge in [0.25, 0.3) is 0 Å². The summed E-state index contributed by atoms with van der Waals surface area (Å²) in [5.41, 5.74) is 12.9. The van der Waals surface area contributed by atoms with Crippen LogP contribution in [0.25, 0.3) is 11.1 Å². The van der Waals surface area contributed by atoms with E-state index in [1.807, 2.05) is 0 Å². The van der Waals surface area contributed by atoms with Gasteiger partial charge < -0.3 is 4.74 Å². The van der Waals surface area contributed by atoms with Crippen LogP contribution in [0.3, 0.4) is 0 Å². The fraction of sp³-hybridized carbons (Fsp3) is 0.523. The zero-order valence-electron chi connectivity index (χ0n) is 29.2. The van der Waals surface area contributed by atoms with Crippen molar-refractivity contribution in [3.05, 3.63) is 99.7 Å². The summed E-state index contributed by atoms with van der Waals surface area (Å²) in [6, 6.07) is 13.3. The van der Waals surface area contributed by atoms with Crippen molar-refractivity contribution >= 4 is 16.9 Å². The lowest BCUT2D eigenvalue weighted by Crippen LogP contribution is -2.34. The minimum atomic E-state index is 0.162. The summed E-state index contributed by atoms with van der Waals surface area (Å²) in [6.07, 6.45) is 20.7. The van der Waals surface area contributed by atoms with Crippen LogP contribution in [0.4, 0.5) is 0 Å². The monoisotopic (exact) mass is 616 g/mol. The van der Waals surface area contributed by atoms with E-state index in [4.69, 9.17) is 4.74 Å². The molecule has 2 fully saturated rings. The minimum Gasteiger partial charge on any atom is -0.496 e. The highest BCUT2D eigenvalue weighted by atomic mass is 16.5. The number of ether oxygens (including phenoxy) is 1. The molecule has 0 radical (unpaired) electrons. The molecule has 244 valence electrons. The van der Waals surface area contributed by atoms with Gasteiger partial charge in [-0.15, -0.1) is 0 Å². The largest absolute Gasteiger partial charge is 0.496 e. The van der Waals surface area contributed by atoms with Crippen LogP contribution in [0.5, 0.6) is 5.75 Å². The Labute approximate surface area is 279 Å². The normalized spacial score (nSPS) is 22.7. The quantitative estimate of drug-likeness (QED) is 0.248. The topological polar surface area (TPSA) is 26.3 Å². The van der Waals surface area contributed by atoms with Crippen LogP contribution >= 0.6 is 0 Å². The third-order valence-electron chi connectivity index (χ3n) is 12.3. The standard InChI is InChI=1S/C44H56O2/c1-28-22-34(26-42(46-6)30(28)3)24-33-23-29(2)41(25-33)40-21-20-39(32(40)5)38-19-13-18-37(27-38)31(4)44(45)43(35-14-9-7-10-15-35)36-16-11-8-12-17-36/h13,18-20,22-23,26-27,32,35-36,40,43H,4,7-12,14-17,21,24-25H2,1-3,5-6H3. The van der Waals surface area contributed by atoms with Crippen molar-refractivity contribution < 1.29 is 9.53 Å². The molecule has 0 amide bonds. The van der Waals surface area contributed by atoms with E-state index in [1.54, 1.807) is 12.7 Å². The van der Waals surface area contributed by atoms with Gasteiger partial charge in [-0.05, 0) is 135 Å². The molecule has 2 aromatic carbocycles. The number of rotatable bonds is 10. The second kappa shape index (κ2) is 14.3. The second-order valence-corrected chi connectivity index (χ2v) is 15.1. The van der Waals surface area contributed by atoms with Crippen molar-refractivity contribution in [3.63, 3.8) is 0 Å². The molecule has 2 unspecified atom stereocenters. The number of carbonyl (C=O) groups is 1. The minimum absolute atomic E-state index is 0.162. The van der Waals surface area contributed by atoms with E-state index < -0.39 is 0 Å². The van der Waals surface area contributed by atoms with Gasteiger partial charge in [0.1, 0.15) is 5.75 Å². The van der Waals surface area contributed by atoms with Gasteiger partial charge >= 0.3 is 0 Å². The first kappa shape index (κ1) is 32.8. The van der Waals surface area contributed by atoms with Crippen LogP contribution in [-0.2, 0) is 11.2 Å². The number of allylic oxidation sites excluding steroid dienone is 7. The molecule has 4 aliphatic carbocycles. The zero-order valence-corrected chi connectivity index (χ0v) is 29.2. The molecule has 0 N–H and O–H groups in total. The third-order valence-corrected chi connectivity index (χ3v) is 12.3. The molecule has 2 saturated carbocycles. The summed E-state index contributed by atoms with van der Waals surface area (Å²) in [5.74, 6) is 3.54. The molecule has 0 heterocycles. The molecule has 0 aromatic heterocycles. The smallest absolute Gasteiger partial charge is 0.166 e. The van der Waals surface area contributed by atoms with Crippen molar-refractivity contribution in [2.45, 2.75) is 111 Å². The first-order valence-corrected chi connectivity index (χ1v) is 18.3. The Balaban J connectivity index is 1.14. The number of hydrogen-bond acceptors (Lipinski definition) is 2. The highest BCUT2D eigenvalue weighted by Gasteiger charge is 2.38.